The molecule has 0 aliphatic carbocycles. The first kappa shape index (κ1) is 49.8. The number of amides is 5. The predicted octanol–water partition coefficient (Wildman–Crippen LogP) is 4.66. The minimum Gasteiger partial charge on any atom is -0.464 e. The molecule has 4 saturated heterocycles. The summed E-state index contributed by atoms with van der Waals surface area (Å²) in [7, 11) is 3.30. The minimum absolute atomic E-state index is 0.121. The van der Waals surface area contributed by atoms with Crippen LogP contribution in [0.1, 0.15) is 84.6 Å². The van der Waals surface area contributed by atoms with Crippen molar-refractivity contribution < 1.29 is 42.9 Å². The first-order chi connectivity index (χ1) is 33.0. The number of likely N-dealkylation sites (tertiary alicyclic amines) is 1. The van der Waals surface area contributed by atoms with Crippen molar-refractivity contribution in [1.82, 2.24) is 40.0 Å². The molecule has 4 fully saturated rings. The highest BCUT2D eigenvalue weighted by molar-refractivity contribution is 5.95. The Balaban J connectivity index is 1.10. The molecule has 5 aliphatic rings. The van der Waals surface area contributed by atoms with Crippen LogP contribution in [0.25, 0.3) is 22.2 Å². The molecule has 0 radical (unpaired) electrons. The van der Waals surface area contributed by atoms with Crippen molar-refractivity contribution in [2.75, 3.05) is 78.3 Å². The summed E-state index contributed by atoms with van der Waals surface area (Å²) in [5.74, 6) is -1.91. The van der Waals surface area contributed by atoms with E-state index in [-0.39, 0.29) is 50.3 Å². The standard InChI is InChI=1S/C51H71N9O9/c1-10-42(61)58-29-51(69-31-58)18-21-57(28-51)49(65)55(8)44(32(3)4)46(62)53-40-25-35-27-56(22-23-67-35)34-16-17-41-37(24-34)38(45(59(41)11-2)36-14-12-19-52-43(36)33(5)66-9)26-50(6,7)30-68-48(64)39-15-13-20-60(54-39)47(40)63/h10,12,14,16-17,19,24,32-33,35,39-40,44,54H,1,11,13,15,18,20-23,25-31H2,2-9H3,(H,53,62)/t33-,35-,39-,40-,44-,51+/m0/s1. The predicted molar refractivity (Wildman–Crippen MR) is 260 cm³/mol. The maximum absolute atomic E-state index is 14.8. The number of likely N-dealkylation sites (N-methyl/N-ethyl adjacent to an activating group) is 1. The SMILES string of the molecule is C=CC(=O)N1CO[C@@]2(CCN(C(=O)N(C)[C@H](C(=O)N[C@H]3C[C@H]4CN(CCO4)c4ccc5c(c4)c(c(-c4cccnc4[C@H](C)OC)n5CC)CC(C)(C)COC(=O)[C@@H]4CCCN(N4)C3=O)C(C)C)C2)C1. The van der Waals surface area contributed by atoms with Crippen molar-refractivity contribution in [1.29, 1.82) is 0 Å². The lowest BCUT2D eigenvalue weighted by Gasteiger charge is -2.39. The molecule has 6 bridgehead atoms. The molecular formula is C51H71N9O9. The van der Waals surface area contributed by atoms with Gasteiger partial charge in [-0.25, -0.2) is 10.2 Å². The van der Waals surface area contributed by atoms with Crippen LogP contribution in [0.15, 0.2) is 49.2 Å². The molecule has 18 nitrogen and oxygen atoms in total. The third-order valence-corrected chi connectivity index (χ3v) is 14.6. The van der Waals surface area contributed by atoms with E-state index in [4.69, 9.17) is 23.9 Å². The number of aromatic nitrogens is 2. The van der Waals surface area contributed by atoms with Crippen LogP contribution < -0.4 is 15.6 Å². The van der Waals surface area contributed by atoms with E-state index >= 15 is 0 Å². The van der Waals surface area contributed by atoms with Gasteiger partial charge in [0.05, 0.1) is 49.9 Å². The summed E-state index contributed by atoms with van der Waals surface area (Å²) >= 11 is 0. The second kappa shape index (κ2) is 20.4. The zero-order valence-electron chi connectivity index (χ0n) is 41.6. The Bertz CT molecular complexity index is 2440. The monoisotopic (exact) mass is 954 g/mol. The van der Waals surface area contributed by atoms with Gasteiger partial charge in [0, 0.05) is 87.1 Å². The van der Waals surface area contributed by atoms with Crippen molar-refractivity contribution in [2.24, 2.45) is 11.3 Å². The van der Waals surface area contributed by atoms with E-state index in [0.29, 0.717) is 71.6 Å². The molecule has 3 aromatic rings. The minimum atomic E-state index is -1.07. The summed E-state index contributed by atoms with van der Waals surface area (Å²) in [6, 6.07) is 7.47. The number of cyclic esters (lactones) is 1. The number of hydrogen-bond acceptors (Lipinski definition) is 12. The number of carbonyl (C=O) groups excluding carboxylic acids is 5. The van der Waals surface area contributed by atoms with Crippen LogP contribution in [0.3, 0.4) is 0 Å². The summed E-state index contributed by atoms with van der Waals surface area (Å²) in [4.78, 5) is 81.7. The number of hydrazine groups is 1. The Kier molecular flexibility index (Phi) is 14.8. The number of carbonyl (C=O) groups is 5. The molecule has 6 atom stereocenters. The lowest BCUT2D eigenvalue weighted by atomic mass is 9.84. The quantitative estimate of drug-likeness (QED) is 0.224. The molecule has 69 heavy (non-hydrogen) atoms. The Labute approximate surface area is 405 Å². The number of morpholine rings is 1. The van der Waals surface area contributed by atoms with Gasteiger partial charge in [0.15, 0.2) is 0 Å². The van der Waals surface area contributed by atoms with Gasteiger partial charge in [-0.2, -0.15) is 0 Å². The van der Waals surface area contributed by atoms with E-state index in [1.165, 1.54) is 16.0 Å². The van der Waals surface area contributed by atoms with E-state index in [1.807, 2.05) is 26.8 Å². The average Bonchev–Trinajstić information content (AvgIpc) is 4.06. The maximum Gasteiger partial charge on any atom is 0.324 e. The number of fused-ring (bicyclic) bond motifs is 6. The zero-order chi connectivity index (χ0) is 49.4. The van der Waals surface area contributed by atoms with Gasteiger partial charge in [0.2, 0.25) is 11.8 Å². The van der Waals surface area contributed by atoms with Crippen LogP contribution in [0.4, 0.5) is 10.5 Å². The largest absolute Gasteiger partial charge is 0.464 e. The van der Waals surface area contributed by atoms with Gasteiger partial charge < -0.3 is 48.4 Å². The lowest BCUT2D eigenvalue weighted by Crippen LogP contribution is -2.63. The second-order valence-corrected chi connectivity index (χ2v) is 20.5. The normalized spacial score (nSPS) is 25.1. The third kappa shape index (κ3) is 10.2. The zero-order valence-corrected chi connectivity index (χ0v) is 41.6. The smallest absolute Gasteiger partial charge is 0.324 e. The van der Waals surface area contributed by atoms with E-state index < -0.39 is 53.0 Å². The molecule has 5 amide bonds. The van der Waals surface area contributed by atoms with Gasteiger partial charge >= 0.3 is 12.0 Å². The second-order valence-electron chi connectivity index (χ2n) is 20.5. The summed E-state index contributed by atoms with van der Waals surface area (Å²) in [5, 5.41) is 5.59. The number of nitrogens with zero attached hydrogens (tertiary/aromatic N) is 7. The molecule has 5 aliphatic heterocycles. The molecule has 18 heteroatoms. The van der Waals surface area contributed by atoms with Crippen LogP contribution in [-0.2, 0) is 51.1 Å². The van der Waals surface area contributed by atoms with E-state index in [2.05, 4.69) is 71.8 Å². The van der Waals surface area contributed by atoms with Crippen molar-refractivity contribution in [3.05, 3.63) is 60.4 Å². The Morgan fingerprint density at radius 1 is 1.10 bits per heavy atom. The number of pyridine rings is 1. The number of methoxy groups -OCH3 is 1. The van der Waals surface area contributed by atoms with Gasteiger partial charge in [-0.05, 0) is 87.4 Å². The summed E-state index contributed by atoms with van der Waals surface area (Å²) in [6.45, 7) is 19.4. The number of urea groups is 1. The van der Waals surface area contributed by atoms with Gasteiger partial charge in [-0.15, -0.1) is 0 Å². The number of rotatable bonds is 9. The molecule has 0 saturated carbocycles. The fourth-order valence-electron chi connectivity index (χ4n) is 11.0. The Hall–Kier alpha value is -5.56. The first-order valence-electron chi connectivity index (χ1n) is 24.6. The highest BCUT2D eigenvalue weighted by atomic mass is 16.5. The van der Waals surface area contributed by atoms with Gasteiger partial charge in [-0.3, -0.25) is 29.2 Å². The first-order valence-corrected chi connectivity index (χ1v) is 24.6. The molecular weight excluding hydrogens is 883 g/mol. The summed E-state index contributed by atoms with van der Waals surface area (Å²) < 4.78 is 26.8. The van der Waals surface area contributed by atoms with E-state index in [0.717, 1.165) is 39.1 Å². The van der Waals surface area contributed by atoms with Crippen LogP contribution in [0.5, 0.6) is 0 Å². The van der Waals surface area contributed by atoms with Crippen molar-refractivity contribution >= 4 is 46.3 Å². The molecule has 8 rings (SSSR count). The number of esters is 1. The van der Waals surface area contributed by atoms with Crippen molar-refractivity contribution in [3.8, 4) is 11.3 Å². The highest BCUT2D eigenvalue weighted by Gasteiger charge is 2.49. The molecule has 2 N–H and O–H groups in total. The summed E-state index contributed by atoms with van der Waals surface area (Å²) in [5.41, 5.74) is 8.04. The maximum atomic E-state index is 14.8. The van der Waals surface area contributed by atoms with Gasteiger partial charge in [0.25, 0.3) is 5.91 Å². The Morgan fingerprint density at radius 2 is 1.88 bits per heavy atom. The number of aryl methyl sites for hydroxylation is 1. The number of ether oxygens (including phenoxy) is 4. The van der Waals surface area contributed by atoms with Crippen LogP contribution >= 0.6 is 0 Å². The van der Waals surface area contributed by atoms with Gasteiger partial charge in [-0.1, -0.05) is 34.3 Å². The molecule has 1 spiro atoms. The van der Waals surface area contributed by atoms with Crippen molar-refractivity contribution in [2.45, 2.75) is 116 Å². The molecule has 0 unspecified atom stereocenters. The number of anilines is 1. The van der Waals surface area contributed by atoms with Crippen molar-refractivity contribution in [3.63, 3.8) is 0 Å². The fraction of sp³-hybridized carbons (Fsp3) is 0.608. The topological polar surface area (TPSA) is 180 Å². The molecule has 7 heterocycles. The lowest BCUT2D eigenvalue weighted by molar-refractivity contribution is -0.156. The number of hydrogen-bond donors (Lipinski definition) is 2. The average molecular weight is 954 g/mol. The third-order valence-electron chi connectivity index (χ3n) is 14.6. The van der Waals surface area contributed by atoms with Crippen LogP contribution in [0, 0.1) is 11.3 Å². The fourth-order valence-corrected chi connectivity index (χ4v) is 11.0. The van der Waals surface area contributed by atoms with E-state index in [9.17, 15) is 24.0 Å². The number of nitrogens with one attached hydrogen (secondary N) is 2. The van der Waals surface area contributed by atoms with Crippen LogP contribution in [0.2, 0.25) is 0 Å². The summed E-state index contributed by atoms with van der Waals surface area (Å²) in [6.07, 6.45) is 4.61. The van der Waals surface area contributed by atoms with Crippen LogP contribution in [-0.4, -0.2) is 162 Å². The molecule has 1 aromatic carbocycles. The molecule has 374 valence electrons. The van der Waals surface area contributed by atoms with E-state index in [1.54, 1.807) is 30.2 Å². The highest BCUT2D eigenvalue weighted by Crippen LogP contribution is 2.42. The number of benzene rings is 1. The van der Waals surface area contributed by atoms with Gasteiger partial charge in [0.1, 0.15) is 30.5 Å². The molecule has 2 aromatic heterocycles. The Morgan fingerprint density at radius 3 is 2.62 bits per heavy atom.